The van der Waals surface area contributed by atoms with Gasteiger partial charge in [-0.2, -0.15) is 0 Å². The van der Waals surface area contributed by atoms with E-state index < -0.39 is 0 Å². The average molecular weight is 425 g/mol. The summed E-state index contributed by atoms with van der Waals surface area (Å²) in [7, 11) is 0. The number of hydrogen-bond donors (Lipinski definition) is 0. The zero-order valence-electron chi connectivity index (χ0n) is 15.1. The number of thioether (sulfide) groups is 1. The molecular formula is C23H18Cl2N2S. The standard InChI is InChI=1S/C23H18Cl2N2S/c24-18-8-4-15(5-9-18)14-17-2-1-3-20-21(17)26-23-27(12-13-28-23)22(20)16-6-10-19(25)11-7-16/h4-14,22H,1-3H2/b17-14+. The normalized spacial score (nSPS) is 22.4. The summed E-state index contributed by atoms with van der Waals surface area (Å²) >= 11 is 13.9. The highest BCUT2D eigenvalue weighted by molar-refractivity contribution is 8.16. The fourth-order valence-electron chi connectivity index (χ4n) is 4.06. The highest BCUT2D eigenvalue weighted by Gasteiger charge is 2.36. The Bertz CT molecular complexity index is 1030. The van der Waals surface area contributed by atoms with Crippen LogP contribution >= 0.6 is 35.0 Å². The molecule has 5 rings (SSSR count). The minimum atomic E-state index is 0.180. The Kier molecular flexibility index (Phi) is 4.83. The van der Waals surface area contributed by atoms with Gasteiger partial charge in [-0.05, 0) is 77.3 Å². The fraction of sp³-hybridized carbons (Fsp3) is 0.174. The van der Waals surface area contributed by atoms with Gasteiger partial charge in [0.25, 0.3) is 0 Å². The molecule has 140 valence electrons. The van der Waals surface area contributed by atoms with Crippen molar-refractivity contribution >= 4 is 46.2 Å². The van der Waals surface area contributed by atoms with Crippen LogP contribution in [0.4, 0.5) is 0 Å². The van der Waals surface area contributed by atoms with E-state index in [0.717, 1.165) is 45.7 Å². The second kappa shape index (κ2) is 7.47. The lowest BCUT2D eigenvalue weighted by Gasteiger charge is -2.37. The molecule has 5 heteroatoms. The van der Waals surface area contributed by atoms with Gasteiger partial charge < -0.3 is 4.90 Å². The predicted molar refractivity (Wildman–Crippen MR) is 121 cm³/mol. The highest BCUT2D eigenvalue weighted by atomic mass is 35.5. The number of rotatable bonds is 2. The maximum absolute atomic E-state index is 6.14. The SMILES string of the molecule is Clc1ccc(/C=C2\CCCC3=C2N=C2SC=CN2C3c2ccc(Cl)cc2)cc1. The van der Waals surface area contributed by atoms with Gasteiger partial charge in [-0.25, -0.2) is 4.99 Å². The third-order valence-electron chi connectivity index (χ3n) is 5.33. The lowest BCUT2D eigenvalue weighted by atomic mass is 9.83. The van der Waals surface area contributed by atoms with Crippen LogP contribution in [0.1, 0.15) is 36.4 Å². The molecule has 0 spiro atoms. The molecule has 0 bridgehead atoms. The van der Waals surface area contributed by atoms with Gasteiger partial charge in [-0.1, -0.05) is 59.2 Å². The molecule has 0 aromatic heterocycles. The van der Waals surface area contributed by atoms with Crippen LogP contribution in [0, 0.1) is 0 Å². The maximum atomic E-state index is 6.14. The van der Waals surface area contributed by atoms with Crippen molar-refractivity contribution in [3.8, 4) is 0 Å². The van der Waals surface area contributed by atoms with Crippen LogP contribution in [0.25, 0.3) is 6.08 Å². The van der Waals surface area contributed by atoms with Gasteiger partial charge in [0.1, 0.15) is 0 Å². The predicted octanol–water partition coefficient (Wildman–Crippen LogP) is 7.45. The maximum Gasteiger partial charge on any atom is 0.173 e. The summed E-state index contributed by atoms with van der Waals surface area (Å²) in [6, 6.07) is 16.4. The molecule has 2 heterocycles. The molecule has 0 amide bonds. The van der Waals surface area contributed by atoms with E-state index in [1.54, 1.807) is 11.8 Å². The third kappa shape index (κ3) is 3.32. The Labute approximate surface area is 179 Å². The van der Waals surface area contributed by atoms with E-state index >= 15 is 0 Å². The zero-order valence-corrected chi connectivity index (χ0v) is 17.4. The van der Waals surface area contributed by atoms with Crippen molar-refractivity contribution in [1.82, 2.24) is 4.90 Å². The van der Waals surface area contributed by atoms with Crippen molar-refractivity contribution in [2.45, 2.75) is 25.3 Å². The summed E-state index contributed by atoms with van der Waals surface area (Å²) in [6.45, 7) is 0. The minimum absolute atomic E-state index is 0.180. The molecule has 0 saturated heterocycles. The average Bonchev–Trinajstić information content (AvgIpc) is 3.17. The molecule has 1 atom stereocenters. The van der Waals surface area contributed by atoms with E-state index in [4.69, 9.17) is 28.2 Å². The second-order valence-corrected chi connectivity index (χ2v) is 8.85. The Morgan fingerprint density at radius 1 is 0.964 bits per heavy atom. The Balaban J connectivity index is 1.62. The van der Waals surface area contributed by atoms with E-state index in [9.17, 15) is 0 Å². The Morgan fingerprint density at radius 2 is 1.68 bits per heavy atom. The van der Waals surface area contributed by atoms with Crippen molar-refractivity contribution in [3.05, 3.63) is 98.2 Å². The van der Waals surface area contributed by atoms with Gasteiger partial charge in [-0.15, -0.1) is 0 Å². The summed E-state index contributed by atoms with van der Waals surface area (Å²) in [6.07, 6.45) is 7.65. The first-order valence-electron chi connectivity index (χ1n) is 9.34. The smallest absolute Gasteiger partial charge is 0.173 e. The van der Waals surface area contributed by atoms with E-state index in [1.165, 1.54) is 16.7 Å². The van der Waals surface area contributed by atoms with Gasteiger partial charge in [0.2, 0.25) is 0 Å². The zero-order chi connectivity index (χ0) is 19.1. The number of fused-ring (bicyclic) bond motifs is 1. The van der Waals surface area contributed by atoms with Crippen LogP contribution in [0.15, 0.2) is 82.0 Å². The molecule has 0 radical (unpaired) electrons. The van der Waals surface area contributed by atoms with E-state index in [-0.39, 0.29) is 6.04 Å². The number of benzene rings is 2. The number of halogens is 2. The number of hydrogen-bond acceptors (Lipinski definition) is 3. The van der Waals surface area contributed by atoms with Gasteiger partial charge in [0, 0.05) is 16.2 Å². The molecular weight excluding hydrogens is 407 g/mol. The second-order valence-electron chi connectivity index (χ2n) is 7.11. The topological polar surface area (TPSA) is 15.6 Å². The van der Waals surface area contributed by atoms with E-state index in [1.807, 2.05) is 24.3 Å². The summed E-state index contributed by atoms with van der Waals surface area (Å²) < 4.78 is 0. The highest BCUT2D eigenvalue weighted by Crippen LogP contribution is 2.47. The molecule has 2 nitrogen and oxygen atoms in total. The third-order valence-corrected chi connectivity index (χ3v) is 6.60. The number of aliphatic imine (C=N–C) groups is 1. The van der Waals surface area contributed by atoms with Gasteiger partial charge in [0.15, 0.2) is 5.17 Å². The van der Waals surface area contributed by atoms with Crippen LogP contribution < -0.4 is 0 Å². The molecule has 2 aliphatic heterocycles. The van der Waals surface area contributed by atoms with Crippen molar-refractivity contribution < 1.29 is 0 Å². The van der Waals surface area contributed by atoms with Crippen LogP contribution in [0.5, 0.6) is 0 Å². The summed E-state index contributed by atoms with van der Waals surface area (Å²) in [5.41, 5.74) is 6.27. The molecule has 0 N–H and O–H groups in total. The summed E-state index contributed by atoms with van der Waals surface area (Å²) in [5, 5.41) is 4.68. The fourth-order valence-corrected chi connectivity index (χ4v) is 5.05. The molecule has 3 aliphatic rings. The number of nitrogens with zero attached hydrogens (tertiary/aromatic N) is 2. The van der Waals surface area contributed by atoms with Gasteiger partial charge in [-0.3, -0.25) is 0 Å². The van der Waals surface area contributed by atoms with Crippen molar-refractivity contribution in [2.24, 2.45) is 4.99 Å². The van der Waals surface area contributed by atoms with Crippen LogP contribution in [-0.4, -0.2) is 10.1 Å². The van der Waals surface area contributed by atoms with Crippen molar-refractivity contribution in [2.75, 3.05) is 0 Å². The molecule has 1 unspecified atom stereocenters. The quantitative estimate of drug-likeness (QED) is 0.497. The minimum Gasteiger partial charge on any atom is -0.315 e. The first-order chi connectivity index (χ1) is 13.7. The summed E-state index contributed by atoms with van der Waals surface area (Å²) in [5.74, 6) is 0. The molecule has 1 aliphatic carbocycles. The largest absolute Gasteiger partial charge is 0.315 e. The molecule has 0 fully saturated rings. The first kappa shape index (κ1) is 18.1. The Hall–Kier alpha value is -1.94. The van der Waals surface area contributed by atoms with Crippen LogP contribution in [0.2, 0.25) is 10.0 Å². The lowest BCUT2D eigenvalue weighted by molar-refractivity contribution is 0.441. The molecule has 2 aromatic carbocycles. The van der Waals surface area contributed by atoms with Gasteiger partial charge >= 0.3 is 0 Å². The number of amidine groups is 1. The van der Waals surface area contributed by atoms with E-state index in [0.29, 0.717) is 0 Å². The van der Waals surface area contributed by atoms with Gasteiger partial charge in [0.05, 0.1) is 11.7 Å². The van der Waals surface area contributed by atoms with E-state index in [2.05, 4.69) is 46.8 Å². The van der Waals surface area contributed by atoms with Crippen LogP contribution in [0.3, 0.4) is 0 Å². The molecule has 0 saturated carbocycles. The molecule has 2 aromatic rings. The summed E-state index contributed by atoms with van der Waals surface area (Å²) in [4.78, 5) is 7.35. The first-order valence-corrected chi connectivity index (χ1v) is 11.0. The van der Waals surface area contributed by atoms with Crippen molar-refractivity contribution in [1.29, 1.82) is 0 Å². The Morgan fingerprint density at radius 3 is 2.43 bits per heavy atom. The van der Waals surface area contributed by atoms with Crippen LogP contribution in [-0.2, 0) is 0 Å². The van der Waals surface area contributed by atoms with Crippen molar-refractivity contribution in [3.63, 3.8) is 0 Å². The monoisotopic (exact) mass is 424 g/mol. The molecule has 28 heavy (non-hydrogen) atoms. The lowest BCUT2D eigenvalue weighted by Crippen LogP contribution is -2.32. The number of allylic oxidation sites excluding steroid dienone is 1.